The summed E-state index contributed by atoms with van der Waals surface area (Å²) >= 11 is 18.0. The van der Waals surface area contributed by atoms with Crippen molar-refractivity contribution < 1.29 is 0 Å². The Hall–Kier alpha value is 0.610. The second-order valence-electron chi connectivity index (χ2n) is 3.41. The van der Waals surface area contributed by atoms with Crippen molar-refractivity contribution in [2.75, 3.05) is 0 Å². The minimum Gasteiger partial charge on any atom is -0.320 e. The Balaban J connectivity index is 2.39. The van der Waals surface area contributed by atoms with E-state index in [1.165, 1.54) is 0 Å². The van der Waals surface area contributed by atoms with Crippen LogP contribution in [0.2, 0.25) is 5.02 Å². The molecule has 0 radical (unpaired) electrons. The van der Waals surface area contributed by atoms with Crippen LogP contribution < -0.4 is 5.73 Å². The average Bonchev–Trinajstić information content (AvgIpc) is 2.58. The molecule has 1 aromatic carbocycles. The van der Waals surface area contributed by atoms with Crippen molar-refractivity contribution in [1.82, 2.24) is 0 Å². The Morgan fingerprint density at radius 3 is 2.35 bits per heavy atom. The summed E-state index contributed by atoms with van der Waals surface area (Å²) in [5.41, 5.74) is 7.27. The maximum atomic E-state index is 6.25. The second kappa shape index (κ2) is 5.72. The van der Waals surface area contributed by atoms with Crippen LogP contribution in [0.25, 0.3) is 0 Å². The van der Waals surface area contributed by atoms with E-state index in [1.807, 2.05) is 24.3 Å². The smallest absolute Gasteiger partial charge is 0.0843 e. The van der Waals surface area contributed by atoms with E-state index >= 15 is 0 Å². The number of halogens is 4. The molecule has 0 saturated heterocycles. The Morgan fingerprint density at radius 1 is 1.12 bits per heavy atom. The second-order valence-corrected chi connectivity index (χ2v) is 7.96. The highest BCUT2D eigenvalue weighted by Crippen LogP contribution is 2.38. The predicted octanol–water partition coefficient (Wildman–Crippen LogP) is 5.74. The van der Waals surface area contributed by atoms with Crippen molar-refractivity contribution in [2.24, 2.45) is 5.73 Å². The predicted molar refractivity (Wildman–Crippen MR) is 84.9 cm³/mol. The molecule has 0 fully saturated rings. The van der Waals surface area contributed by atoms with E-state index in [0.29, 0.717) is 5.02 Å². The molecule has 90 valence electrons. The summed E-state index contributed by atoms with van der Waals surface area (Å²) < 4.78 is 3.00. The first-order chi connectivity index (χ1) is 7.99. The summed E-state index contributed by atoms with van der Waals surface area (Å²) in [6.45, 7) is 0. The summed E-state index contributed by atoms with van der Waals surface area (Å²) in [7, 11) is 0. The first-order valence-electron chi connectivity index (χ1n) is 4.64. The van der Waals surface area contributed by atoms with Crippen LogP contribution in [0.1, 0.15) is 16.5 Å². The standard InChI is InChI=1S/C11H7Br3ClNS/c12-7-3-5(15)1-2-6(7)10(16)9-4-8(13)11(14)17-9/h1-4,10H,16H2. The number of hydrogen-bond acceptors (Lipinski definition) is 2. The van der Waals surface area contributed by atoms with Gasteiger partial charge in [0.2, 0.25) is 0 Å². The van der Waals surface area contributed by atoms with Crippen LogP contribution in [0.15, 0.2) is 37.0 Å². The molecule has 0 amide bonds. The molecule has 0 aliphatic rings. The zero-order valence-corrected chi connectivity index (χ0v) is 14.7. The maximum absolute atomic E-state index is 6.25. The van der Waals surface area contributed by atoms with Crippen LogP contribution in [-0.2, 0) is 0 Å². The Labute approximate surface area is 134 Å². The van der Waals surface area contributed by atoms with Crippen molar-refractivity contribution in [3.8, 4) is 0 Å². The van der Waals surface area contributed by atoms with Gasteiger partial charge in [0.15, 0.2) is 0 Å². The molecule has 0 spiro atoms. The third-order valence-corrected chi connectivity index (χ3v) is 6.53. The molecule has 2 N–H and O–H groups in total. The SMILES string of the molecule is NC(c1cc(Br)c(Br)s1)c1ccc(Cl)cc1Br. The minimum atomic E-state index is -0.158. The molecular formula is C11H7Br3ClNS. The van der Waals surface area contributed by atoms with E-state index in [1.54, 1.807) is 11.3 Å². The lowest BCUT2D eigenvalue weighted by Crippen LogP contribution is -2.10. The molecule has 1 aromatic heterocycles. The molecular weight excluding hydrogens is 453 g/mol. The van der Waals surface area contributed by atoms with E-state index in [0.717, 1.165) is 23.2 Å². The molecule has 1 nitrogen and oxygen atoms in total. The monoisotopic (exact) mass is 457 g/mol. The van der Waals surface area contributed by atoms with E-state index in [2.05, 4.69) is 47.8 Å². The quantitative estimate of drug-likeness (QED) is 0.608. The summed E-state index contributed by atoms with van der Waals surface area (Å²) in [4.78, 5) is 1.09. The van der Waals surface area contributed by atoms with Gasteiger partial charge in [-0.2, -0.15) is 0 Å². The largest absolute Gasteiger partial charge is 0.320 e. The first-order valence-corrected chi connectivity index (χ1v) is 8.21. The van der Waals surface area contributed by atoms with Gasteiger partial charge >= 0.3 is 0 Å². The number of rotatable bonds is 2. The van der Waals surface area contributed by atoms with Crippen LogP contribution in [0.5, 0.6) is 0 Å². The van der Waals surface area contributed by atoms with Gasteiger partial charge in [0, 0.05) is 18.8 Å². The van der Waals surface area contributed by atoms with Gasteiger partial charge < -0.3 is 5.73 Å². The molecule has 1 unspecified atom stereocenters. The number of benzene rings is 1. The van der Waals surface area contributed by atoms with Crippen LogP contribution in [0.3, 0.4) is 0 Å². The minimum absolute atomic E-state index is 0.158. The molecule has 2 rings (SSSR count). The summed E-state index contributed by atoms with van der Waals surface area (Å²) in [5.74, 6) is 0. The zero-order valence-electron chi connectivity index (χ0n) is 8.38. The maximum Gasteiger partial charge on any atom is 0.0843 e. The fourth-order valence-corrected chi connectivity index (χ4v) is 4.46. The van der Waals surface area contributed by atoms with Gasteiger partial charge in [0.05, 0.1) is 9.83 Å². The molecule has 0 saturated carbocycles. The number of hydrogen-bond donors (Lipinski definition) is 1. The van der Waals surface area contributed by atoms with Crippen LogP contribution in [0.4, 0.5) is 0 Å². The van der Waals surface area contributed by atoms with Crippen LogP contribution in [0, 0.1) is 0 Å². The Morgan fingerprint density at radius 2 is 1.82 bits per heavy atom. The highest BCUT2D eigenvalue weighted by atomic mass is 79.9. The van der Waals surface area contributed by atoms with Gasteiger partial charge in [-0.05, 0) is 55.6 Å². The third kappa shape index (κ3) is 3.14. The van der Waals surface area contributed by atoms with Crippen molar-refractivity contribution in [2.45, 2.75) is 6.04 Å². The highest BCUT2D eigenvalue weighted by Gasteiger charge is 2.16. The lowest BCUT2D eigenvalue weighted by molar-refractivity contribution is 0.887. The van der Waals surface area contributed by atoms with Gasteiger partial charge in [-0.1, -0.05) is 33.6 Å². The van der Waals surface area contributed by atoms with Gasteiger partial charge in [0.1, 0.15) is 0 Å². The van der Waals surface area contributed by atoms with Crippen molar-refractivity contribution >= 4 is 70.7 Å². The Kier molecular flexibility index (Phi) is 4.72. The summed E-state index contributed by atoms with van der Waals surface area (Å²) in [6.07, 6.45) is 0. The Bertz CT molecular complexity index is 536. The van der Waals surface area contributed by atoms with E-state index in [4.69, 9.17) is 17.3 Å². The lowest BCUT2D eigenvalue weighted by atomic mass is 10.1. The van der Waals surface area contributed by atoms with Gasteiger partial charge in [-0.3, -0.25) is 0 Å². The fraction of sp³-hybridized carbons (Fsp3) is 0.0909. The third-order valence-electron chi connectivity index (χ3n) is 2.27. The normalized spacial score (nSPS) is 12.8. The van der Waals surface area contributed by atoms with E-state index in [-0.39, 0.29) is 6.04 Å². The number of thiophene rings is 1. The average molecular weight is 460 g/mol. The zero-order chi connectivity index (χ0) is 12.6. The molecule has 1 heterocycles. The van der Waals surface area contributed by atoms with Crippen molar-refractivity contribution in [3.05, 3.63) is 52.5 Å². The molecule has 1 atom stereocenters. The van der Waals surface area contributed by atoms with E-state index < -0.39 is 0 Å². The van der Waals surface area contributed by atoms with Crippen LogP contribution >= 0.6 is 70.7 Å². The molecule has 0 aliphatic carbocycles. The topological polar surface area (TPSA) is 26.0 Å². The molecule has 17 heavy (non-hydrogen) atoms. The first kappa shape index (κ1) is 14.0. The fourth-order valence-electron chi connectivity index (χ4n) is 1.42. The van der Waals surface area contributed by atoms with E-state index in [9.17, 15) is 0 Å². The number of nitrogens with two attached hydrogens (primary N) is 1. The molecule has 0 aliphatic heterocycles. The van der Waals surface area contributed by atoms with Gasteiger partial charge in [-0.25, -0.2) is 0 Å². The van der Waals surface area contributed by atoms with Gasteiger partial charge in [-0.15, -0.1) is 11.3 Å². The molecule has 2 aromatic rings. The van der Waals surface area contributed by atoms with Gasteiger partial charge in [0.25, 0.3) is 0 Å². The van der Waals surface area contributed by atoms with Crippen LogP contribution in [-0.4, -0.2) is 0 Å². The van der Waals surface area contributed by atoms with Crippen molar-refractivity contribution in [3.63, 3.8) is 0 Å². The summed E-state index contributed by atoms with van der Waals surface area (Å²) in [6, 6.07) is 7.52. The van der Waals surface area contributed by atoms with Crippen molar-refractivity contribution in [1.29, 1.82) is 0 Å². The molecule has 0 bridgehead atoms. The lowest BCUT2D eigenvalue weighted by Gasteiger charge is -2.12. The highest BCUT2D eigenvalue weighted by molar-refractivity contribution is 9.13. The molecule has 6 heteroatoms. The summed E-state index contributed by atoms with van der Waals surface area (Å²) in [5, 5.41) is 0.696.